The minimum absolute atomic E-state index is 0.0275. The second-order valence-electron chi connectivity index (χ2n) is 6.39. The Labute approximate surface area is 152 Å². The number of aryl methyl sites for hydroxylation is 2. The fourth-order valence-corrected chi connectivity index (χ4v) is 3.09. The lowest BCUT2D eigenvalue weighted by Crippen LogP contribution is -2.31. The number of ether oxygens (including phenoxy) is 1. The molecule has 0 radical (unpaired) electrons. The number of benzene rings is 1. The molecule has 1 atom stereocenters. The third-order valence-corrected chi connectivity index (χ3v) is 4.50. The fourth-order valence-electron chi connectivity index (χ4n) is 3.09. The number of amides is 1. The minimum Gasteiger partial charge on any atom is -0.451 e. The number of carbonyl (C=O) groups excluding carboxylic acids is 2. The van der Waals surface area contributed by atoms with Crippen LogP contribution in [0.25, 0.3) is 0 Å². The number of anilines is 1. The predicted molar refractivity (Wildman–Crippen MR) is 96.4 cm³/mol. The summed E-state index contributed by atoms with van der Waals surface area (Å²) in [5.41, 5.74) is 9.27. The molecule has 0 aliphatic heterocycles. The lowest BCUT2D eigenvalue weighted by molar-refractivity contribution is -0.124. The molecule has 3 rings (SSSR count). The first-order valence-corrected chi connectivity index (χ1v) is 8.69. The molecule has 1 aliphatic carbocycles. The van der Waals surface area contributed by atoms with Crippen molar-refractivity contribution >= 4 is 17.7 Å². The number of rotatable bonds is 5. The van der Waals surface area contributed by atoms with Gasteiger partial charge in [0.05, 0.1) is 6.04 Å². The van der Waals surface area contributed by atoms with E-state index in [1.807, 2.05) is 13.0 Å². The van der Waals surface area contributed by atoms with E-state index in [1.165, 1.54) is 36.4 Å². The van der Waals surface area contributed by atoms with Crippen molar-refractivity contribution in [1.82, 2.24) is 15.3 Å². The van der Waals surface area contributed by atoms with E-state index in [4.69, 9.17) is 10.5 Å². The van der Waals surface area contributed by atoms with Crippen LogP contribution in [0.1, 0.15) is 53.0 Å². The summed E-state index contributed by atoms with van der Waals surface area (Å²) in [6.45, 7) is 1.51. The maximum Gasteiger partial charge on any atom is 0.361 e. The second kappa shape index (κ2) is 7.95. The van der Waals surface area contributed by atoms with Crippen LogP contribution >= 0.6 is 0 Å². The summed E-state index contributed by atoms with van der Waals surface area (Å²) >= 11 is 0. The molecule has 7 nitrogen and oxygen atoms in total. The number of nitrogens with one attached hydrogen (secondary N) is 1. The Balaban J connectivity index is 1.54. The zero-order valence-corrected chi connectivity index (χ0v) is 14.7. The zero-order valence-electron chi connectivity index (χ0n) is 14.7. The quantitative estimate of drug-likeness (QED) is 0.795. The normalized spacial score (nSPS) is 14.2. The van der Waals surface area contributed by atoms with E-state index in [0.29, 0.717) is 0 Å². The molecule has 0 spiro atoms. The Kier molecular flexibility index (Phi) is 5.46. The smallest absolute Gasteiger partial charge is 0.361 e. The highest BCUT2D eigenvalue weighted by molar-refractivity contribution is 5.93. The van der Waals surface area contributed by atoms with Gasteiger partial charge in [-0.25, -0.2) is 14.8 Å². The summed E-state index contributed by atoms with van der Waals surface area (Å²) in [7, 11) is 0. The maximum absolute atomic E-state index is 12.1. The number of nitrogens with two attached hydrogens (primary N) is 1. The van der Waals surface area contributed by atoms with Crippen molar-refractivity contribution in [2.24, 2.45) is 0 Å². The molecule has 1 amide bonds. The first kappa shape index (κ1) is 17.8. The van der Waals surface area contributed by atoms with Crippen LogP contribution in [0.5, 0.6) is 0 Å². The van der Waals surface area contributed by atoms with Crippen molar-refractivity contribution in [1.29, 1.82) is 0 Å². The van der Waals surface area contributed by atoms with Crippen molar-refractivity contribution in [3.05, 3.63) is 53.0 Å². The topological polar surface area (TPSA) is 107 Å². The summed E-state index contributed by atoms with van der Waals surface area (Å²) < 4.78 is 4.96. The number of nitrogen functional groups attached to an aromatic ring is 1. The van der Waals surface area contributed by atoms with Crippen LogP contribution < -0.4 is 11.1 Å². The lowest BCUT2D eigenvalue weighted by atomic mass is 9.89. The van der Waals surface area contributed by atoms with Crippen LogP contribution in [0.3, 0.4) is 0 Å². The maximum atomic E-state index is 12.1. The third kappa shape index (κ3) is 4.17. The molecular weight excluding hydrogens is 332 g/mol. The highest BCUT2D eigenvalue weighted by atomic mass is 16.5. The van der Waals surface area contributed by atoms with Crippen LogP contribution in [0.4, 0.5) is 5.82 Å². The molecule has 1 heterocycles. The van der Waals surface area contributed by atoms with E-state index >= 15 is 0 Å². The van der Waals surface area contributed by atoms with E-state index in [2.05, 4.69) is 27.4 Å². The SMILES string of the molecule is CC(NC(=O)COC(=O)c1nccnc1N)c1ccc2c(c1)CCCC2. The molecule has 0 saturated heterocycles. The van der Waals surface area contributed by atoms with Gasteiger partial charge in [-0.1, -0.05) is 18.2 Å². The molecule has 0 saturated carbocycles. The van der Waals surface area contributed by atoms with Gasteiger partial charge >= 0.3 is 5.97 Å². The predicted octanol–water partition coefficient (Wildman–Crippen LogP) is 1.97. The minimum atomic E-state index is -0.771. The third-order valence-electron chi connectivity index (χ3n) is 4.50. The van der Waals surface area contributed by atoms with Crippen LogP contribution in [0.15, 0.2) is 30.6 Å². The van der Waals surface area contributed by atoms with Gasteiger partial charge in [0.25, 0.3) is 5.91 Å². The average Bonchev–Trinajstić information content (AvgIpc) is 2.66. The van der Waals surface area contributed by atoms with Crippen molar-refractivity contribution in [2.45, 2.75) is 38.6 Å². The standard InChI is InChI=1S/C19H22N4O3/c1-12(14-7-6-13-4-2-3-5-15(13)10-14)23-16(24)11-26-19(25)17-18(20)22-9-8-21-17/h6-10,12H,2-5,11H2,1H3,(H2,20,22)(H,23,24). The first-order chi connectivity index (χ1) is 12.5. The van der Waals surface area contributed by atoms with E-state index in [9.17, 15) is 9.59 Å². The van der Waals surface area contributed by atoms with Crippen molar-refractivity contribution in [3.8, 4) is 0 Å². The largest absolute Gasteiger partial charge is 0.451 e. The van der Waals surface area contributed by atoms with E-state index < -0.39 is 12.6 Å². The molecule has 1 aromatic carbocycles. The van der Waals surface area contributed by atoms with Gasteiger partial charge in [0.15, 0.2) is 18.1 Å². The van der Waals surface area contributed by atoms with E-state index in [0.717, 1.165) is 18.4 Å². The highest BCUT2D eigenvalue weighted by Crippen LogP contribution is 2.24. The summed E-state index contributed by atoms with van der Waals surface area (Å²) in [5.74, 6) is -1.18. The molecule has 0 bridgehead atoms. The Bertz CT molecular complexity index is 822. The molecule has 7 heteroatoms. The summed E-state index contributed by atoms with van der Waals surface area (Å²) in [4.78, 5) is 31.6. The molecule has 3 N–H and O–H groups in total. The van der Waals surface area contributed by atoms with Gasteiger partial charge in [-0.3, -0.25) is 4.79 Å². The Hall–Kier alpha value is -2.96. The number of carbonyl (C=O) groups is 2. The number of aromatic nitrogens is 2. The Morgan fingerprint density at radius 2 is 1.92 bits per heavy atom. The molecular formula is C19H22N4O3. The zero-order chi connectivity index (χ0) is 18.5. The molecule has 26 heavy (non-hydrogen) atoms. The van der Waals surface area contributed by atoms with Crippen LogP contribution in [0.2, 0.25) is 0 Å². The van der Waals surface area contributed by atoms with E-state index in [-0.39, 0.29) is 23.5 Å². The van der Waals surface area contributed by atoms with Gasteiger partial charge in [-0.2, -0.15) is 0 Å². The molecule has 0 fully saturated rings. The number of nitrogens with zero attached hydrogens (tertiary/aromatic N) is 2. The lowest BCUT2D eigenvalue weighted by Gasteiger charge is -2.20. The summed E-state index contributed by atoms with van der Waals surface area (Å²) in [6.07, 6.45) is 7.36. The van der Waals surface area contributed by atoms with Crippen molar-refractivity contribution in [2.75, 3.05) is 12.3 Å². The van der Waals surface area contributed by atoms with Gasteiger partial charge in [0.2, 0.25) is 0 Å². The Morgan fingerprint density at radius 1 is 1.19 bits per heavy atom. The number of hydrogen-bond donors (Lipinski definition) is 2. The second-order valence-corrected chi connectivity index (χ2v) is 6.39. The highest BCUT2D eigenvalue weighted by Gasteiger charge is 2.17. The van der Waals surface area contributed by atoms with Crippen LogP contribution in [-0.4, -0.2) is 28.5 Å². The fraction of sp³-hybridized carbons (Fsp3) is 0.368. The number of fused-ring (bicyclic) bond motifs is 1. The molecule has 1 aliphatic rings. The van der Waals surface area contributed by atoms with Gasteiger partial charge in [0.1, 0.15) is 0 Å². The number of esters is 1. The molecule has 1 aromatic heterocycles. The number of hydrogen-bond acceptors (Lipinski definition) is 6. The van der Waals surface area contributed by atoms with Crippen molar-refractivity contribution < 1.29 is 14.3 Å². The van der Waals surface area contributed by atoms with Gasteiger partial charge in [-0.05, 0) is 49.3 Å². The Morgan fingerprint density at radius 3 is 2.69 bits per heavy atom. The molecule has 2 aromatic rings. The summed E-state index contributed by atoms with van der Waals surface area (Å²) in [5, 5.41) is 2.84. The van der Waals surface area contributed by atoms with Gasteiger partial charge in [0, 0.05) is 12.4 Å². The van der Waals surface area contributed by atoms with Gasteiger partial charge < -0.3 is 15.8 Å². The molecule has 1 unspecified atom stereocenters. The van der Waals surface area contributed by atoms with Crippen LogP contribution in [-0.2, 0) is 22.4 Å². The first-order valence-electron chi connectivity index (χ1n) is 8.69. The van der Waals surface area contributed by atoms with E-state index in [1.54, 1.807) is 0 Å². The van der Waals surface area contributed by atoms with Crippen molar-refractivity contribution in [3.63, 3.8) is 0 Å². The molecule has 136 valence electrons. The average molecular weight is 354 g/mol. The van der Waals surface area contributed by atoms with Gasteiger partial charge in [-0.15, -0.1) is 0 Å². The monoisotopic (exact) mass is 354 g/mol. The van der Waals surface area contributed by atoms with Crippen LogP contribution in [0, 0.1) is 0 Å². The summed E-state index contributed by atoms with van der Waals surface area (Å²) in [6, 6.07) is 6.17.